The number of nitrogens with one attached hydrogen (secondary N) is 1. The van der Waals surface area contributed by atoms with Crippen molar-refractivity contribution in [1.29, 1.82) is 0 Å². The summed E-state index contributed by atoms with van der Waals surface area (Å²) in [5, 5.41) is 2.85. The first-order chi connectivity index (χ1) is 14.1. The molecule has 0 fully saturated rings. The number of carbonyl (C=O) groups is 1. The Hall–Kier alpha value is -2.64. The lowest BCUT2D eigenvalue weighted by Gasteiger charge is -2.23. The second kappa shape index (κ2) is 9.02. The van der Waals surface area contributed by atoms with Gasteiger partial charge in [-0.2, -0.15) is 0 Å². The molecule has 0 radical (unpaired) electrons. The highest BCUT2D eigenvalue weighted by Gasteiger charge is 2.18. The maximum Gasteiger partial charge on any atom is 0.255 e. The van der Waals surface area contributed by atoms with E-state index in [0.29, 0.717) is 16.9 Å². The van der Waals surface area contributed by atoms with Crippen molar-refractivity contribution in [3.05, 3.63) is 93.5 Å². The van der Waals surface area contributed by atoms with Gasteiger partial charge in [0.2, 0.25) is 10.0 Å². The monoisotopic (exact) mass is 486 g/mol. The van der Waals surface area contributed by atoms with Crippen LogP contribution in [0.2, 0.25) is 0 Å². The van der Waals surface area contributed by atoms with Crippen molar-refractivity contribution >= 4 is 43.2 Å². The Kier molecular flexibility index (Phi) is 6.63. The van der Waals surface area contributed by atoms with E-state index in [1.807, 2.05) is 56.3 Å². The lowest BCUT2D eigenvalue weighted by molar-refractivity contribution is 0.102. The van der Waals surface area contributed by atoms with Crippen LogP contribution in [0, 0.1) is 13.8 Å². The van der Waals surface area contributed by atoms with Gasteiger partial charge in [-0.1, -0.05) is 40.2 Å². The molecule has 0 heterocycles. The quantitative estimate of drug-likeness (QED) is 0.514. The lowest BCUT2D eigenvalue weighted by Crippen LogP contribution is -2.29. The van der Waals surface area contributed by atoms with Gasteiger partial charge >= 0.3 is 0 Å². The molecule has 1 amide bonds. The number of sulfonamides is 1. The Labute approximate surface area is 185 Å². The summed E-state index contributed by atoms with van der Waals surface area (Å²) in [4.78, 5) is 12.5. The van der Waals surface area contributed by atoms with Gasteiger partial charge < -0.3 is 5.32 Å². The third-order valence-corrected chi connectivity index (χ3v) is 6.44. The first-order valence-electron chi connectivity index (χ1n) is 9.34. The van der Waals surface area contributed by atoms with E-state index >= 15 is 0 Å². The molecule has 30 heavy (non-hydrogen) atoms. The summed E-state index contributed by atoms with van der Waals surface area (Å²) in [6, 6.07) is 19.9. The number of hydrogen-bond donors (Lipinski definition) is 1. The average Bonchev–Trinajstić information content (AvgIpc) is 2.68. The third kappa shape index (κ3) is 5.49. The second-order valence-electron chi connectivity index (χ2n) is 7.20. The molecule has 3 aromatic rings. The summed E-state index contributed by atoms with van der Waals surface area (Å²) in [5.41, 5.74) is 4.73. The van der Waals surface area contributed by atoms with E-state index in [2.05, 4.69) is 21.2 Å². The van der Waals surface area contributed by atoms with Crippen molar-refractivity contribution in [2.45, 2.75) is 20.4 Å². The van der Waals surface area contributed by atoms with Crippen molar-refractivity contribution in [3.8, 4) is 0 Å². The van der Waals surface area contributed by atoms with Crippen LogP contribution in [0.5, 0.6) is 0 Å². The van der Waals surface area contributed by atoms with Gasteiger partial charge in [-0.3, -0.25) is 9.10 Å². The fourth-order valence-electron chi connectivity index (χ4n) is 2.98. The van der Waals surface area contributed by atoms with Crippen LogP contribution in [0.4, 0.5) is 11.4 Å². The molecule has 0 aliphatic rings. The highest BCUT2D eigenvalue weighted by Crippen LogP contribution is 2.24. The Bertz CT molecular complexity index is 1180. The summed E-state index contributed by atoms with van der Waals surface area (Å²) in [6.45, 7) is 4.13. The average molecular weight is 487 g/mol. The fourth-order valence-corrected chi connectivity index (χ4v) is 4.26. The number of nitrogens with zero attached hydrogens (tertiary/aromatic N) is 1. The van der Waals surface area contributed by atoms with Crippen molar-refractivity contribution < 1.29 is 13.2 Å². The van der Waals surface area contributed by atoms with E-state index in [-0.39, 0.29) is 12.5 Å². The molecule has 156 valence electrons. The Morgan fingerprint density at radius 1 is 0.967 bits per heavy atom. The molecule has 3 rings (SSSR count). The van der Waals surface area contributed by atoms with Gasteiger partial charge in [0.25, 0.3) is 5.91 Å². The number of amides is 1. The highest BCUT2D eigenvalue weighted by atomic mass is 79.9. The predicted molar refractivity (Wildman–Crippen MR) is 125 cm³/mol. The molecule has 0 atom stereocenters. The molecule has 0 unspecified atom stereocenters. The molecular formula is C23H23BrN2O3S. The number of aryl methyl sites for hydroxylation is 2. The summed E-state index contributed by atoms with van der Waals surface area (Å²) < 4.78 is 27.0. The number of rotatable bonds is 6. The molecule has 0 bridgehead atoms. The smallest absolute Gasteiger partial charge is 0.255 e. The van der Waals surface area contributed by atoms with E-state index in [1.165, 1.54) is 10.6 Å². The number of hydrogen-bond acceptors (Lipinski definition) is 3. The molecule has 0 aliphatic carbocycles. The summed E-state index contributed by atoms with van der Waals surface area (Å²) in [5.74, 6) is -0.228. The molecule has 0 aromatic heterocycles. The van der Waals surface area contributed by atoms with E-state index < -0.39 is 10.0 Å². The first-order valence-corrected chi connectivity index (χ1v) is 12.0. The van der Waals surface area contributed by atoms with Crippen LogP contribution in [-0.4, -0.2) is 20.6 Å². The standard InChI is InChI=1S/C23H23BrN2O3S/c1-16-7-12-22(13-17(16)2)26(30(3,28)29)15-18-8-10-19(11-9-18)23(27)25-21-6-4-5-20(24)14-21/h4-14H,15H2,1-3H3,(H,25,27). The molecule has 0 saturated heterocycles. The van der Waals surface area contributed by atoms with Crippen LogP contribution in [0.1, 0.15) is 27.0 Å². The molecule has 3 aromatic carbocycles. The topological polar surface area (TPSA) is 66.5 Å². The number of carbonyl (C=O) groups excluding carboxylic acids is 1. The molecule has 1 N–H and O–H groups in total. The maximum atomic E-state index is 12.5. The molecule has 5 nitrogen and oxygen atoms in total. The highest BCUT2D eigenvalue weighted by molar-refractivity contribution is 9.10. The van der Waals surface area contributed by atoms with Crippen LogP contribution in [0.3, 0.4) is 0 Å². The largest absolute Gasteiger partial charge is 0.322 e. The second-order valence-corrected chi connectivity index (χ2v) is 10.0. The van der Waals surface area contributed by atoms with Gasteiger partial charge in [-0.15, -0.1) is 0 Å². The van der Waals surface area contributed by atoms with Crippen molar-refractivity contribution in [3.63, 3.8) is 0 Å². The lowest BCUT2D eigenvalue weighted by atomic mass is 10.1. The van der Waals surface area contributed by atoms with Gasteiger partial charge in [0.05, 0.1) is 18.5 Å². The van der Waals surface area contributed by atoms with Gasteiger partial charge in [-0.05, 0) is 73.0 Å². The van der Waals surface area contributed by atoms with Crippen LogP contribution in [0.15, 0.2) is 71.2 Å². The van der Waals surface area contributed by atoms with Crippen LogP contribution in [0.25, 0.3) is 0 Å². The van der Waals surface area contributed by atoms with Crippen LogP contribution < -0.4 is 9.62 Å². The molecule has 0 spiro atoms. The Morgan fingerprint density at radius 3 is 2.27 bits per heavy atom. The summed E-state index contributed by atoms with van der Waals surface area (Å²) >= 11 is 3.38. The maximum absolute atomic E-state index is 12.5. The van der Waals surface area contributed by atoms with Crippen molar-refractivity contribution in [2.75, 3.05) is 15.9 Å². The fraction of sp³-hybridized carbons (Fsp3) is 0.174. The van der Waals surface area contributed by atoms with E-state index in [9.17, 15) is 13.2 Å². The predicted octanol–water partition coefficient (Wildman–Crippen LogP) is 5.28. The first kappa shape index (κ1) is 22.1. The minimum absolute atomic E-state index is 0.189. The van der Waals surface area contributed by atoms with Gasteiger partial charge in [0.15, 0.2) is 0 Å². The zero-order valence-corrected chi connectivity index (χ0v) is 19.4. The van der Waals surface area contributed by atoms with Gasteiger partial charge in [0.1, 0.15) is 0 Å². The normalized spacial score (nSPS) is 11.2. The zero-order chi connectivity index (χ0) is 21.9. The van der Waals surface area contributed by atoms with Gasteiger partial charge in [-0.25, -0.2) is 8.42 Å². The van der Waals surface area contributed by atoms with Crippen LogP contribution >= 0.6 is 15.9 Å². The van der Waals surface area contributed by atoms with E-state index in [0.717, 1.165) is 21.2 Å². The molecular weight excluding hydrogens is 464 g/mol. The zero-order valence-electron chi connectivity index (χ0n) is 17.0. The van der Waals surface area contributed by atoms with E-state index in [1.54, 1.807) is 24.3 Å². The SMILES string of the molecule is Cc1ccc(N(Cc2ccc(C(=O)Nc3cccc(Br)c3)cc2)S(C)(=O)=O)cc1C. The molecule has 0 aliphatic heterocycles. The Balaban J connectivity index is 1.78. The van der Waals surface area contributed by atoms with E-state index in [4.69, 9.17) is 0 Å². The van der Waals surface area contributed by atoms with Gasteiger partial charge in [0, 0.05) is 15.7 Å². The number of halogens is 1. The number of anilines is 2. The number of benzene rings is 3. The Morgan fingerprint density at radius 2 is 1.67 bits per heavy atom. The molecule has 0 saturated carbocycles. The van der Waals surface area contributed by atoms with Crippen molar-refractivity contribution in [2.24, 2.45) is 0 Å². The van der Waals surface area contributed by atoms with Crippen molar-refractivity contribution in [1.82, 2.24) is 0 Å². The summed E-state index contributed by atoms with van der Waals surface area (Å²) in [7, 11) is -3.47. The molecule has 7 heteroatoms. The minimum atomic E-state index is -3.47. The third-order valence-electron chi connectivity index (χ3n) is 4.80. The minimum Gasteiger partial charge on any atom is -0.322 e. The summed E-state index contributed by atoms with van der Waals surface area (Å²) in [6.07, 6.45) is 1.20. The van der Waals surface area contributed by atoms with Crippen LogP contribution in [-0.2, 0) is 16.6 Å².